The number of rotatable bonds is 3. The maximum atomic E-state index is 13.3. The minimum absolute atomic E-state index is 0.0448. The summed E-state index contributed by atoms with van der Waals surface area (Å²) in [7, 11) is 2.05. The van der Waals surface area contributed by atoms with Crippen LogP contribution in [0.1, 0.15) is 40.6 Å². The Kier molecular flexibility index (Phi) is 3.72. The molecule has 1 fully saturated rings. The van der Waals surface area contributed by atoms with Crippen molar-refractivity contribution in [2.24, 2.45) is 0 Å². The third-order valence-electron chi connectivity index (χ3n) is 6.65. The highest BCUT2D eigenvalue weighted by Crippen LogP contribution is 2.44. The molecule has 0 unspecified atom stereocenters. The second-order valence-electron chi connectivity index (χ2n) is 8.56. The number of amides is 2. The van der Waals surface area contributed by atoms with Crippen molar-refractivity contribution in [1.82, 2.24) is 14.8 Å². The highest BCUT2D eigenvalue weighted by Gasteiger charge is 2.42. The number of para-hydroxylation sites is 2. The lowest BCUT2D eigenvalue weighted by molar-refractivity contribution is -0.121. The average molecular weight is 400 g/mol. The van der Waals surface area contributed by atoms with Gasteiger partial charge in [0.1, 0.15) is 12.7 Å². The fourth-order valence-corrected chi connectivity index (χ4v) is 5.12. The normalized spacial score (nSPS) is 20.0. The summed E-state index contributed by atoms with van der Waals surface area (Å²) in [6, 6.07) is 16.4. The van der Waals surface area contributed by atoms with Crippen LogP contribution < -0.4 is 10.2 Å². The molecule has 0 radical (unpaired) electrons. The van der Waals surface area contributed by atoms with Gasteiger partial charge < -0.3 is 19.7 Å². The van der Waals surface area contributed by atoms with Crippen molar-refractivity contribution in [1.29, 1.82) is 0 Å². The summed E-state index contributed by atoms with van der Waals surface area (Å²) in [5.41, 5.74) is 5.07. The summed E-state index contributed by atoms with van der Waals surface area (Å²) >= 11 is 0. The van der Waals surface area contributed by atoms with Crippen molar-refractivity contribution in [3.63, 3.8) is 0 Å². The fraction of sp³-hybridized carbons (Fsp3) is 0.333. The van der Waals surface area contributed by atoms with E-state index in [-0.39, 0.29) is 24.5 Å². The molecule has 3 aromatic rings. The SMILES string of the molecule is CN1c2ccccc2C(=O)N2CCc3c(n(CC(=O)NC4CC4)c4ccccc34)[C@@H]21. The van der Waals surface area contributed by atoms with Gasteiger partial charge in [-0.25, -0.2) is 0 Å². The highest BCUT2D eigenvalue weighted by molar-refractivity contribution is 6.02. The second kappa shape index (κ2) is 6.36. The van der Waals surface area contributed by atoms with Crippen LogP contribution in [0.4, 0.5) is 5.69 Å². The largest absolute Gasteiger partial charge is 0.352 e. The van der Waals surface area contributed by atoms with E-state index in [0.717, 1.165) is 41.7 Å². The summed E-state index contributed by atoms with van der Waals surface area (Å²) in [6.07, 6.45) is 2.73. The molecule has 1 N–H and O–H groups in total. The van der Waals surface area contributed by atoms with Crippen LogP contribution in [0.3, 0.4) is 0 Å². The van der Waals surface area contributed by atoms with Crippen molar-refractivity contribution < 1.29 is 9.59 Å². The van der Waals surface area contributed by atoms with Crippen LogP contribution in [0.2, 0.25) is 0 Å². The first-order valence-corrected chi connectivity index (χ1v) is 10.7. The van der Waals surface area contributed by atoms with Crippen molar-refractivity contribution in [2.45, 2.75) is 38.0 Å². The summed E-state index contributed by atoms with van der Waals surface area (Å²) in [5, 5.41) is 4.30. The summed E-state index contributed by atoms with van der Waals surface area (Å²) in [5.74, 6) is 0.113. The molecule has 1 atom stereocenters. The van der Waals surface area contributed by atoms with E-state index in [1.54, 1.807) is 0 Å². The van der Waals surface area contributed by atoms with E-state index in [4.69, 9.17) is 0 Å². The van der Waals surface area contributed by atoms with Crippen LogP contribution in [0.15, 0.2) is 48.5 Å². The lowest BCUT2D eigenvalue weighted by Crippen LogP contribution is -2.51. The molecule has 6 nitrogen and oxygen atoms in total. The van der Waals surface area contributed by atoms with Crippen LogP contribution in [0.5, 0.6) is 0 Å². The Morgan fingerprint density at radius 3 is 2.70 bits per heavy atom. The van der Waals surface area contributed by atoms with E-state index >= 15 is 0 Å². The zero-order valence-corrected chi connectivity index (χ0v) is 17.0. The van der Waals surface area contributed by atoms with Gasteiger partial charge in [-0.1, -0.05) is 30.3 Å². The Morgan fingerprint density at radius 1 is 1.10 bits per heavy atom. The van der Waals surface area contributed by atoms with Crippen molar-refractivity contribution in [3.05, 3.63) is 65.4 Å². The molecule has 2 amide bonds. The molecule has 0 saturated heterocycles. The smallest absolute Gasteiger partial charge is 0.257 e. The molecule has 6 rings (SSSR count). The number of hydrogen-bond acceptors (Lipinski definition) is 3. The zero-order chi connectivity index (χ0) is 20.4. The van der Waals surface area contributed by atoms with Crippen LogP contribution in [0, 0.1) is 0 Å². The number of aromatic nitrogens is 1. The highest BCUT2D eigenvalue weighted by atomic mass is 16.2. The molecule has 2 aromatic carbocycles. The van der Waals surface area contributed by atoms with E-state index in [1.807, 2.05) is 42.3 Å². The summed E-state index contributed by atoms with van der Waals surface area (Å²) in [6.45, 7) is 0.956. The van der Waals surface area contributed by atoms with Gasteiger partial charge in [-0.3, -0.25) is 9.59 Å². The molecule has 1 aliphatic carbocycles. The first-order chi connectivity index (χ1) is 14.6. The number of carbonyl (C=O) groups is 2. The van der Waals surface area contributed by atoms with Gasteiger partial charge in [0.2, 0.25) is 5.91 Å². The molecular formula is C24H24N4O2. The number of benzene rings is 2. The quantitative estimate of drug-likeness (QED) is 0.735. The molecule has 152 valence electrons. The van der Waals surface area contributed by atoms with E-state index in [2.05, 4.69) is 33.0 Å². The molecule has 6 heteroatoms. The predicted molar refractivity (Wildman–Crippen MR) is 115 cm³/mol. The third-order valence-corrected chi connectivity index (χ3v) is 6.65. The molecule has 1 aromatic heterocycles. The minimum Gasteiger partial charge on any atom is -0.352 e. The molecule has 2 aliphatic heterocycles. The maximum absolute atomic E-state index is 13.3. The first kappa shape index (κ1) is 17.6. The maximum Gasteiger partial charge on any atom is 0.257 e. The molecule has 30 heavy (non-hydrogen) atoms. The number of carbonyl (C=O) groups excluding carboxylic acids is 2. The predicted octanol–water partition coefficient (Wildman–Crippen LogP) is 3.07. The minimum atomic E-state index is -0.211. The van der Waals surface area contributed by atoms with Crippen molar-refractivity contribution in [3.8, 4) is 0 Å². The standard InChI is InChI=1S/C24H24N4O2/c1-26-19-8-4-3-7-18(19)24(30)27-13-12-17-16-6-2-5-9-20(16)28(22(17)23(26)27)14-21(29)25-15-10-11-15/h2-9,15,23H,10-14H2,1H3,(H,25,29)/t23-/m1/s1. The van der Waals surface area contributed by atoms with E-state index in [9.17, 15) is 9.59 Å². The summed E-state index contributed by atoms with van der Waals surface area (Å²) in [4.78, 5) is 30.2. The van der Waals surface area contributed by atoms with Gasteiger partial charge in [-0.15, -0.1) is 0 Å². The Bertz CT molecular complexity index is 1190. The van der Waals surface area contributed by atoms with E-state index in [1.165, 1.54) is 10.9 Å². The van der Waals surface area contributed by atoms with Gasteiger partial charge in [-0.2, -0.15) is 0 Å². The first-order valence-electron chi connectivity index (χ1n) is 10.7. The van der Waals surface area contributed by atoms with Crippen molar-refractivity contribution >= 4 is 28.4 Å². The Balaban J connectivity index is 1.52. The zero-order valence-electron chi connectivity index (χ0n) is 17.0. The molecule has 3 aliphatic rings. The van der Waals surface area contributed by atoms with Gasteiger partial charge in [0.25, 0.3) is 5.91 Å². The number of hydrogen-bond donors (Lipinski definition) is 1. The van der Waals surface area contributed by atoms with Gasteiger partial charge in [0.15, 0.2) is 0 Å². The van der Waals surface area contributed by atoms with E-state index in [0.29, 0.717) is 12.6 Å². The van der Waals surface area contributed by atoms with Gasteiger partial charge in [0, 0.05) is 30.5 Å². The van der Waals surface area contributed by atoms with E-state index < -0.39 is 0 Å². The lowest BCUT2D eigenvalue weighted by Gasteiger charge is -2.46. The topological polar surface area (TPSA) is 57.6 Å². The van der Waals surface area contributed by atoms with Gasteiger partial charge in [-0.05, 0) is 43.0 Å². The molecule has 1 saturated carbocycles. The Morgan fingerprint density at radius 2 is 1.87 bits per heavy atom. The van der Waals surface area contributed by atoms with Crippen LogP contribution >= 0.6 is 0 Å². The van der Waals surface area contributed by atoms with Gasteiger partial charge >= 0.3 is 0 Å². The third kappa shape index (κ3) is 2.49. The molecular weight excluding hydrogens is 376 g/mol. The fourth-order valence-electron chi connectivity index (χ4n) is 5.12. The number of fused-ring (bicyclic) bond motifs is 6. The number of nitrogens with zero attached hydrogens (tertiary/aromatic N) is 3. The Labute approximate surface area is 175 Å². The monoisotopic (exact) mass is 400 g/mol. The Hall–Kier alpha value is -3.28. The molecule has 0 spiro atoms. The average Bonchev–Trinajstić information content (AvgIpc) is 3.53. The van der Waals surface area contributed by atoms with Crippen LogP contribution in [0.25, 0.3) is 10.9 Å². The number of nitrogens with one attached hydrogen (secondary N) is 1. The summed E-state index contributed by atoms with van der Waals surface area (Å²) < 4.78 is 2.14. The van der Waals surface area contributed by atoms with Crippen LogP contribution in [-0.4, -0.2) is 40.9 Å². The van der Waals surface area contributed by atoms with Crippen LogP contribution in [-0.2, 0) is 17.8 Å². The number of anilines is 1. The second-order valence-corrected chi connectivity index (χ2v) is 8.56. The lowest BCUT2D eigenvalue weighted by atomic mass is 9.96. The van der Waals surface area contributed by atoms with Crippen molar-refractivity contribution in [2.75, 3.05) is 18.5 Å². The molecule has 3 heterocycles. The van der Waals surface area contributed by atoms with Gasteiger partial charge in [0.05, 0.1) is 16.9 Å². The molecule has 0 bridgehead atoms.